The van der Waals surface area contributed by atoms with E-state index in [9.17, 15) is 0 Å². The summed E-state index contributed by atoms with van der Waals surface area (Å²) in [6.45, 7) is 10.8. The molecule has 1 atom stereocenters. The Morgan fingerprint density at radius 3 is 2.65 bits per heavy atom. The van der Waals surface area contributed by atoms with Gasteiger partial charge in [-0.1, -0.05) is 34.1 Å². The smallest absolute Gasteiger partial charge is 0.114 e. The standard InChI is InChI=1S/C16H28N2OS/c1-12(2)13-11-20-14(18-13)16(17-9-10-19-5)8-6-7-15(16,3)4/h11-12,17H,6-10H2,1-5H3. The van der Waals surface area contributed by atoms with Crippen LogP contribution in [0, 0.1) is 5.41 Å². The summed E-state index contributed by atoms with van der Waals surface area (Å²) >= 11 is 1.82. The predicted molar refractivity (Wildman–Crippen MR) is 85.4 cm³/mol. The Balaban J connectivity index is 2.30. The van der Waals surface area contributed by atoms with Crippen molar-refractivity contribution in [3.63, 3.8) is 0 Å². The first-order chi connectivity index (χ1) is 9.43. The molecule has 0 bridgehead atoms. The van der Waals surface area contributed by atoms with E-state index in [0.717, 1.165) is 13.2 Å². The van der Waals surface area contributed by atoms with Crippen LogP contribution in [0.4, 0.5) is 0 Å². The van der Waals surface area contributed by atoms with Gasteiger partial charge in [0.25, 0.3) is 0 Å². The average Bonchev–Trinajstić information content (AvgIpc) is 2.95. The lowest BCUT2D eigenvalue weighted by molar-refractivity contribution is 0.129. The number of nitrogens with one attached hydrogen (secondary N) is 1. The number of thiazole rings is 1. The topological polar surface area (TPSA) is 34.1 Å². The Morgan fingerprint density at radius 2 is 2.15 bits per heavy atom. The number of nitrogens with zero attached hydrogens (tertiary/aromatic N) is 1. The molecule has 1 N–H and O–H groups in total. The molecule has 1 aromatic heterocycles. The quantitative estimate of drug-likeness (QED) is 0.808. The van der Waals surface area contributed by atoms with Crippen molar-refractivity contribution in [3.8, 4) is 0 Å². The predicted octanol–water partition coefficient (Wildman–Crippen LogP) is 3.91. The summed E-state index contributed by atoms with van der Waals surface area (Å²) in [7, 11) is 1.76. The second-order valence-electron chi connectivity index (χ2n) is 6.79. The van der Waals surface area contributed by atoms with Crippen molar-refractivity contribution in [1.82, 2.24) is 10.3 Å². The lowest BCUT2D eigenvalue weighted by atomic mass is 9.75. The van der Waals surface area contributed by atoms with Gasteiger partial charge in [0.05, 0.1) is 17.8 Å². The van der Waals surface area contributed by atoms with Crippen LogP contribution in [0.5, 0.6) is 0 Å². The maximum atomic E-state index is 5.21. The van der Waals surface area contributed by atoms with Gasteiger partial charge in [-0.3, -0.25) is 0 Å². The Morgan fingerprint density at radius 1 is 1.40 bits per heavy atom. The van der Waals surface area contributed by atoms with E-state index >= 15 is 0 Å². The van der Waals surface area contributed by atoms with E-state index in [-0.39, 0.29) is 11.0 Å². The van der Waals surface area contributed by atoms with Crippen LogP contribution in [0.25, 0.3) is 0 Å². The third-order valence-corrected chi connectivity index (χ3v) is 5.74. The Labute approximate surface area is 127 Å². The number of rotatable bonds is 6. The van der Waals surface area contributed by atoms with E-state index in [2.05, 4.69) is 38.4 Å². The van der Waals surface area contributed by atoms with Crippen LogP contribution in [0.2, 0.25) is 0 Å². The molecule has 1 unspecified atom stereocenters. The van der Waals surface area contributed by atoms with Crippen LogP contribution in [0.1, 0.15) is 63.6 Å². The molecule has 4 heteroatoms. The summed E-state index contributed by atoms with van der Waals surface area (Å²) in [5, 5.41) is 7.27. The molecule has 0 spiro atoms. The highest BCUT2D eigenvalue weighted by Crippen LogP contribution is 2.53. The second-order valence-corrected chi connectivity index (χ2v) is 7.65. The van der Waals surface area contributed by atoms with Gasteiger partial charge < -0.3 is 10.1 Å². The van der Waals surface area contributed by atoms with Gasteiger partial charge in [-0.05, 0) is 24.2 Å². The lowest BCUT2D eigenvalue weighted by Gasteiger charge is -2.41. The zero-order chi connectivity index (χ0) is 14.8. The molecule has 1 heterocycles. The highest BCUT2D eigenvalue weighted by Gasteiger charge is 2.51. The number of aromatic nitrogens is 1. The molecule has 0 saturated heterocycles. The van der Waals surface area contributed by atoms with E-state index in [1.54, 1.807) is 7.11 Å². The van der Waals surface area contributed by atoms with Crippen molar-refractivity contribution >= 4 is 11.3 Å². The van der Waals surface area contributed by atoms with Crippen LogP contribution in [0.3, 0.4) is 0 Å². The third kappa shape index (κ3) is 2.78. The molecule has 1 aromatic rings. The highest BCUT2D eigenvalue weighted by atomic mass is 32.1. The Bertz CT molecular complexity index is 441. The molecule has 114 valence electrons. The van der Waals surface area contributed by atoms with E-state index in [0.29, 0.717) is 5.92 Å². The first kappa shape index (κ1) is 15.9. The van der Waals surface area contributed by atoms with E-state index in [4.69, 9.17) is 9.72 Å². The van der Waals surface area contributed by atoms with Gasteiger partial charge in [0, 0.05) is 19.0 Å². The summed E-state index contributed by atoms with van der Waals surface area (Å²) < 4.78 is 5.21. The first-order valence-electron chi connectivity index (χ1n) is 7.63. The maximum absolute atomic E-state index is 5.21. The number of ether oxygens (including phenoxy) is 1. The lowest BCUT2D eigenvalue weighted by Crippen LogP contribution is -2.51. The minimum Gasteiger partial charge on any atom is -0.383 e. The molecule has 0 aliphatic heterocycles. The highest BCUT2D eigenvalue weighted by molar-refractivity contribution is 7.09. The van der Waals surface area contributed by atoms with Crippen molar-refractivity contribution in [2.24, 2.45) is 5.41 Å². The van der Waals surface area contributed by atoms with Gasteiger partial charge in [-0.15, -0.1) is 11.3 Å². The summed E-state index contributed by atoms with van der Waals surface area (Å²) in [6, 6.07) is 0. The fourth-order valence-corrected chi connectivity index (χ4v) is 4.63. The maximum Gasteiger partial charge on any atom is 0.114 e. The van der Waals surface area contributed by atoms with Crippen molar-refractivity contribution in [2.75, 3.05) is 20.3 Å². The molecule has 0 radical (unpaired) electrons. The van der Waals surface area contributed by atoms with E-state index < -0.39 is 0 Å². The van der Waals surface area contributed by atoms with Crippen molar-refractivity contribution in [3.05, 3.63) is 16.1 Å². The summed E-state index contributed by atoms with van der Waals surface area (Å²) in [5.41, 5.74) is 1.48. The van der Waals surface area contributed by atoms with Gasteiger partial charge >= 0.3 is 0 Å². The van der Waals surface area contributed by atoms with Gasteiger partial charge in [-0.25, -0.2) is 4.98 Å². The zero-order valence-electron chi connectivity index (χ0n) is 13.5. The zero-order valence-corrected chi connectivity index (χ0v) is 14.3. The molecule has 1 aliphatic rings. The monoisotopic (exact) mass is 296 g/mol. The van der Waals surface area contributed by atoms with Crippen molar-refractivity contribution in [2.45, 2.75) is 58.4 Å². The van der Waals surface area contributed by atoms with Crippen LogP contribution in [0.15, 0.2) is 5.38 Å². The third-order valence-electron chi connectivity index (χ3n) is 4.72. The minimum atomic E-state index is 0.0172. The number of hydrogen-bond acceptors (Lipinski definition) is 4. The van der Waals surface area contributed by atoms with Crippen molar-refractivity contribution < 1.29 is 4.74 Å². The van der Waals surface area contributed by atoms with Crippen LogP contribution < -0.4 is 5.32 Å². The summed E-state index contributed by atoms with van der Waals surface area (Å²) in [6.07, 6.45) is 3.70. The Kier molecular flexibility index (Phi) is 4.88. The number of methoxy groups -OCH3 is 1. The fourth-order valence-electron chi connectivity index (χ4n) is 3.26. The fraction of sp³-hybridized carbons (Fsp3) is 0.812. The SMILES string of the molecule is COCCNC1(c2nc(C(C)C)cs2)CCCC1(C)C. The second kappa shape index (κ2) is 6.12. The van der Waals surface area contributed by atoms with Gasteiger partial charge in [-0.2, -0.15) is 0 Å². The molecule has 1 aliphatic carbocycles. The molecule has 1 saturated carbocycles. The molecule has 2 rings (SSSR count). The summed E-state index contributed by atoms with van der Waals surface area (Å²) in [4.78, 5) is 4.95. The largest absolute Gasteiger partial charge is 0.383 e. The van der Waals surface area contributed by atoms with Gasteiger partial charge in [0.2, 0.25) is 0 Å². The van der Waals surface area contributed by atoms with Crippen LogP contribution in [-0.2, 0) is 10.3 Å². The number of hydrogen-bond donors (Lipinski definition) is 1. The van der Waals surface area contributed by atoms with Crippen molar-refractivity contribution in [1.29, 1.82) is 0 Å². The normalized spacial score (nSPS) is 25.5. The molecule has 1 fully saturated rings. The molecule has 0 aromatic carbocycles. The first-order valence-corrected chi connectivity index (χ1v) is 8.51. The van der Waals surface area contributed by atoms with Crippen LogP contribution >= 0.6 is 11.3 Å². The van der Waals surface area contributed by atoms with Crippen LogP contribution in [-0.4, -0.2) is 25.2 Å². The van der Waals surface area contributed by atoms with Gasteiger partial charge in [0.1, 0.15) is 5.01 Å². The van der Waals surface area contributed by atoms with E-state index in [1.165, 1.54) is 30.0 Å². The molecular formula is C16H28N2OS. The van der Waals surface area contributed by atoms with E-state index in [1.807, 2.05) is 11.3 Å². The average molecular weight is 296 g/mol. The Hall–Kier alpha value is -0.450. The molecular weight excluding hydrogens is 268 g/mol. The molecule has 0 amide bonds. The summed E-state index contributed by atoms with van der Waals surface area (Å²) in [5.74, 6) is 0.501. The molecule has 3 nitrogen and oxygen atoms in total. The molecule has 20 heavy (non-hydrogen) atoms. The van der Waals surface area contributed by atoms with Gasteiger partial charge in [0.15, 0.2) is 0 Å². The minimum absolute atomic E-state index is 0.0172.